The van der Waals surface area contributed by atoms with Crippen molar-refractivity contribution in [3.8, 4) is 0 Å². The van der Waals surface area contributed by atoms with Crippen LogP contribution in [-0.4, -0.2) is 50.5 Å². The summed E-state index contributed by atoms with van der Waals surface area (Å²) in [6, 6.07) is 3.16. The Balaban J connectivity index is 2.46. The van der Waals surface area contributed by atoms with E-state index < -0.39 is 10.0 Å². The quantitative estimate of drug-likeness (QED) is 0.674. The first kappa shape index (κ1) is 16.1. The minimum atomic E-state index is -3.57. The van der Waals surface area contributed by atoms with E-state index in [-0.39, 0.29) is 23.3 Å². The molecule has 0 unspecified atom stereocenters. The number of likely N-dealkylation sites (N-methyl/N-ethyl adjacent to an activating group) is 1. The Hall–Kier alpha value is -0.960. The lowest BCUT2D eigenvalue weighted by Crippen LogP contribution is -2.38. The summed E-state index contributed by atoms with van der Waals surface area (Å²) < 4.78 is 25.3. The fourth-order valence-electron chi connectivity index (χ4n) is 1.37. The SMILES string of the molecule is CN(CC(=O)NCCCCO)S(=O)(=O)c1cccs1. The number of thiophene rings is 1. The predicted octanol–water partition coefficient (Wildman–Crippen LogP) is 0.257. The topological polar surface area (TPSA) is 86.7 Å². The molecule has 0 saturated heterocycles. The van der Waals surface area contributed by atoms with E-state index in [1.165, 1.54) is 13.1 Å². The third kappa shape index (κ3) is 4.90. The van der Waals surface area contributed by atoms with Crippen molar-refractivity contribution in [2.24, 2.45) is 0 Å². The molecule has 1 rings (SSSR count). The lowest BCUT2D eigenvalue weighted by molar-refractivity contribution is -0.121. The van der Waals surface area contributed by atoms with Gasteiger partial charge in [-0.05, 0) is 24.3 Å². The second-order valence-corrected chi connectivity index (χ2v) is 7.19. The molecular weight excluding hydrogens is 288 g/mol. The highest BCUT2D eigenvalue weighted by molar-refractivity contribution is 7.91. The van der Waals surface area contributed by atoms with E-state index in [9.17, 15) is 13.2 Å². The molecule has 0 aliphatic rings. The van der Waals surface area contributed by atoms with Crippen molar-refractivity contribution in [2.45, 2.75) is 17.1 Å². The van der Waals surface area contributed by atoms with Crippen molar-refractivity contribution < 1.29 is 18.3 Å². The van der Waals surface area contributed by atoms with Gasteiger partial charge in [0.1, 0.15) is 4.21 Å². The van der Waals surface area contributed by atoms with Gasteiger partial charge in [0.25, 0.3) is 10.0 Å². The van der Waals surface area contributed by atoms with E-state index >= 15 is 0 Å². The average molecular weight is 306 g/mol. The Morgan fingerprint density at radius 1 is 1.47 bits per heavy atom. The predicted molar refractivity (Wildman–Crippen MR) is 73.5 cm³/mol. The number of hydrogen-bond acceptors (Lipinski definition) is 5. The zero-order valence-electron chi connectivity index (χ0n) is 10.7. The Bertz CT molecular complexity index is 485. The van der Waals surface area contributed by atoms with Gasteiger partial charge in [0.05, 0.1) is 6.54 Å². The fraction of sp³-hybridized carbons (Fsp3) is 0.545. The van der Waals surface area contributed by atoms with E-state index in [1.54, 1.807) is 11.4 Å². The van der Waals surface area contributed by atoms with Gasteiger partial charge in [-0.2, -0.15) is 4.31 Å². The first-order chi connectivity index (χ1) is 8.98. The maximum Gasteiger partial charge on any atom is 0.252 e. The Morgan fingerprint density at radius 2 is 2.21 bits per heavy atom. The van der Waals surface area contributed by atoms with E-state index in [4.69, 9.17) is 5.11 Å². The first-order valence-electron chi connectivity index (χ1n) is 5.86. The molecule has 1 aromatic rings. The number of carbonyl (C=O) groups excluding carboxylic acids is 1. The molecule has 0 bridgehead atoms. The normalized spacial score (nSPS) is 11.7. The van der Waals surface area contributed by atoms with E-state index in [0.29, 0.717) is 19.4 Å². The number of aliphatic hydroxyl groups excluding tert-OH is 1. The molecule has 0 saturated carbocycles. The smallest absolute Gasteiger partial charge is 0.252 e. The maximum atomic E-state index is 12.0. The molecule has 0 aliphatic heterocycles. The highest BCUT2D eigenvalue weighted by Gasteiger charge is 2.23. The van der Waals surface area contributed by atoms with Crippen molar-refractivity contribution in [1.82, 2.24) is 9.62 Å². The molecule has 2 N–H and O–H groups in total. The molecule has 1 heterocycles. The molecule has 1 aromatic heterocycles. The monoisotopic (exact) mass is 306 g/mol. The van der Waals surface area contributed by atoms with Crippen LogP contribution < -0.4 is 5.32 Å². The van der Waals surface area contributed by atoms with Crippen molar-refractivity contribution in [3.63, 3.8) is 0 Å². The van der Waals surface area contributed by atoms with Crippen LogP contribution in [0.2, 0.25) is 0 Å². The summed E-state index contributed by atoms with van der Waals surface area (Å²) in [6.45, 7) is 0.314. The van der Waals surface area contributed by atoms with Crippen LogP contribution in [-0.2, 0) is 14.8 Å². The van der Waals surface area contributed by atoms with Gasteiger partial charge in [-0.15, -0.1) is 11.3 Å². The van der Waals surface area contributed by atoms with E-state index in [1.807, 2.05) is 0 Å². The van der Waals surface area contributed by atoms with Crippen molar-refractivity contribution in [2.75, 3.05) is 26.7 Å². The molecule has 0 aromatic carbocycles. The zero-order chi connectivity index (χ0) is 14.3. The number of nitrogens with zero attached hydrogens (tertiary/aromatic N) is 1. The minimum absolute atomic E-state index is 0.0858. The van der Waals surface area contributed by atoms with Crippen LogP contribution in [0.25, 0.3) is 0 Å². The van der Waals surface area contributed by atoms with Crippen LogP contribution in [0, 0.1) is 0 Å². The molecule has 19 heavy (non-hydrogen) atoms. The summed E-state index contributed by atoms with van der Waals surface area (Å²) in [5, 5.41) is 12.9. The number of nitrogens with one attached hydrogen (secondary N) is 1. The van der Waals surface area contributed by atoms with E-state index in [0.717, 1.165) is 15.6 Å². The Kier molecular flexibility index (Phi) is 6.43. The van der Waals surface area contributed by atoms with Gasteiger partial charge in [0, 0.05) is 20.2 Å². The van der Waals surface area contributed by atoms with Crippen LogP contribution >= 0.6 is 11.3 Å². The molecule has 0 spiro atoms. The second kappa shape index (κ2) is 7.59. The minimum Gasteiger partial charge on any atom is -0.396 e. The van der Waals surface area contributed by atoms with Crippen LogP contribution in [0.1, 0.15) is 12.8 Å². The van der Waals surface area contributed by atoms with Crippen molar-refractivity contribution in [1.29, 1.82) is 0 Å². The molecule has 108 valence electrons. The van der Waals surface area contributed by atoms with Crippen LogP contribution in [0.3, 0.4) is 0 Å². The second-order valence-electron chi connectivity index (χ2n) is 3.97. The summed E-state index contributed by atoms with van der Waals surface area (Å²) in [5.41, 5.74) is 0. The van der Waals surface area contributed by atoms with Crippen molar-refractivity contribution in [3.05, 3.63) is 17.5 Å². The molecule has 8 heteroatoms. The molecule has 6 nitrogen and oxygen atoms in total. The molecule has 0 aliphatic carbocycles. The zero-order valence-corrected chi connectivity index (χ0v) is 12.3. The number of hydrogen-bond donors (Lipinski definition) is 2. The maximum absolute atomic E-state index is 12.0. The Labute approximate surface area is 117 Å². The number of carbonyl (C=O) groups is 1. The largest absolute Gasteiger partial charge is 0.396 e. The summed E-state index contributed by atoms with van der Waals surface area (Å²) in [6.07, 6.45) is 1.28. The summed E-state index contributed by atoms with van der Waals surface area (Å²) in [5.74, 6) is -0.347. The van der Waals surface area contributed by atoms with Crippen LogP contribution in [0.5, 0.6) is 0 Å². The van der Waals surface area contributed by atoms with Gasteiger partial charge in [0.15, 0.2) is 0 Å². The number of amides is 1. The molecule has 0 radical (unpaired) electrons. The van der Waals surface area contributed by atoms with Gasteiger partial charge < -0.3 is 10.4 Å². The molecular formula is C11H18N2O4S2. The number of aliphatic hydroxyl groups is 1. The summed E-state index contributed by atoms with van der Waals surface area (Å²) in [7, 11) is -2.20. The standard InChI is InChI=1S/C11H18N2O4S2/c1-13(9-10(15)12-6-2-3-7-14)19(16,17)11-5-4-8-18-11/h4-5,8,14H,2-3,6-7,9H2,1H3,(H,12,15). The summed E-state index contributed by atoms with van der Waals surface area (Å²) >= 11 is 1.12. The average Bonchev–Trinajstić information content (AvgIpc) is 2.89. The number of rotatable bonds is 8. The van der Waals surface area contributed by atoms with Gasteiger partial charge in [-0.1, -0.05) is 6.07 Å². The Morgan fingerprint density at radius 3 is 2.79 bits per heavy atom. The van der Waals surface area contributed by atoms with Gasteiger partial charge in [0.2, 0.25) is 5.91 Å². The fourth-order valence-corrected chi connectivity index (χ4v) is 3.70. The first-order valence-corrected chi connectivity index (χ1v) is 8.18. The third-order valence-electron chi connectivity index (χ3n) is 2.43. The number of unbranched alkanes of at least 4 members (excludes halogenated alkanes) is 1. The highest BCUT2D eigenvalue weighted by Crippen LogP contribution is 2.19. The molecule has 0 fully saturated rings. The lowest BCUT2D eigenvalue weighted by atomic mass is 10.3. The summed E-state index contributed by atoms with van der Waals surface area (Å²) in [4.78, 5) is 11.6. The highest BCUT2D eigenvalue weighted by atomic mass is 32.2. The lowest BCUT2D eigenvalue weighted by Gasteiger charge is -2.15. The van der Waals surface area contributed by atoms with E-state index in [2.05, 4.69) is 5.32 Å². The van der Waals surface area contributed by atoms with Gasteiger partial charge >= 0.3 is 0 Å². The van der Waals surface area contributed by atoms with Gasteiger partial charge in [-0.25, -0.2) is 8.42 Å². The van der Waals surface area contributed by atoms with Crippen LogP contribution in [0.15, 0.2) is 21.7 Å². The van der Waals surface area contributed by atoms with Crippen molar-refractivity contribution >= 4 is 27.3 Å². The van der Waals surface area contributed by atoms with Crippen LogP contribution in [0.4, 0.5) is 0 Å². The third-order valence-corrected chi connectivity index (χ3v) is 5.61. The molecule has 0 atom stereocenters. The molecule has 1 amide bonds. The van der Waals surface area contributed by atoms with Gasteiger partial charge in [-0.3, -0.25) is 4.79 Å². The number of sulfonamides is 1.